The highest BCUT2D eigenvalue weighted by Gasteiger charge is 2.17. The molecule has 0 aliphatic heterocycles. The van der Waals surface area contributed by atoms with Gasteiger partial charge in [0.25, 0.3) is 0 Å². The van der Waals surface area contributed by atoms with Crippen molar-refractivity contribution in [3.8, 4) is 17.2 Å². The molecule has 0 aromatic heterocycles. The Morgan fingerprint density at radius 3 is 2.38 bits per heavy atom. The SMILES string of the molecule is CCCNC(=O)Oc1c(OC)cc(OC)c2ccccc12. The molecule has 21 heavy (non-hydrogen) atoms. The van der Waals surface area contributed by atoms with Crippen molar-refractivity contribution < 1.29 is 19.0 Å². The Bertz CT molecular complexity index is 639. The van der Waals surface area contributed by atoms with Crippen LogP contribution in [0.15, 0.2) is 30.3 Å². The first-order valence-corrected chi connectivity index (χ1v) is 6.80. The molecule has 0 saturated carbocycles. The third kappa shape index (κ3) is 3.18. The Morgan fingerprint density at radius 2 is 1.76 bits per heavy atom. The van der Waals surface area contributed by atoms with Crippen LogP contribution >= 0.6 is 0 Å². The molecular weight excluding hydrogens is 270 g/mol. The topological polar surface area (TPSA) is 56.8 Å². The van der Waals surface area contributed by atoms with Crippen LogP contribution in [0.1, 0.15) is 13.3 Å². The number of carbonyl (C=O) groups is 1. The number of rotatable bonds is 5. The molecule has 2 rings (SSSR count). The molecule has 0 aliphatic carbocycles. The van der Waals surface area contributed by atoms with Crippen LogP contribution in [-0.2, 0) is 0 Å². The van der Waals surface area contributed by atoms with E-state index in [9.17, 15) is 4.79 Å². The fraction of sp³-hybridized carbons (Fsp3) is 0.312. The van der Waals surface area contributed by atoms with Crippen LogP contribution in [0.3, 0.4) is 0 Å². The molecule has 0 bridgehead atoms. The Labute approximate surface area is 123 Å². The van der Waals surface area contributed by atoms with Gasteiger partial charge in [-0.2, -0.15) is 0 Å². The van der Waals surface area contributed by atoms with Crippen molar-refractivity contribution >= 4 is 16.9 Å². The van der Waals surface area contributed by atoms with Gasteiger partial charge in [0.2, 0.25) is 0 Å². The molecule has 2 aromatic rings. The van der Waals surface area contributed by atoms with E-state index < -0.39 is 6.09 Å². The predicted molar refractivity (Wildman–Crippen MR) is 81.4 cm³/mol. The fourth-order valence-corrected chi connectivity index (χ4v) is 2.07. The van der Waals surface area contributed by atoms with Gasteiger partial charge in [-0.25, -0.2) is 4.79 Å². The number of carbonyl (C=O) groups excluding carboxylic acids is 1. The first-order valence-electron chi connectivity index (χ1n) is 6.80. The van der Waals surface area contributed by atoms with Crippen LogP contribution in [0.2, 0.25) is 0 Å². The molecule has 0 radical (unpaired) electrons. The number of fused-ring (bicyclic) bond motifs is 1. The summed E-state index contributed by atoms with van der Waals surface area (Å²) in [6.45, 7) is 2.54. The van der Waals surface area contributed by atoms with Crippen molar-refractivity contribution in [2.75, 3.05) is 20.8 Å². The third-order valence-corrected chi connectivity index (χ3v) is 3.08. The Morgan fingerprint density at radius 1 is 1.10 bits per heavy atom. The Balaban J connectivity index is 2.48. The minimum atomic E-state index is -0.495. The first-order chi connectivity index (χ1) is 10.2. The molecule has 0 heterocycles. The number of ether oxygens (including phenoxy) is 3. The van der Waals surface area contributed by atoms with E-state index >= 15 is 0 Å². The number of hydrogen-bond acceptors (Lipinski definition) is 4. The van der Waals surface area contributed by atoms with Gasteiger partial charge in [0.1, 0.15) is 5.75 Å². The van der Waals surface area contributed by atoms with Crippen LogP contribution < -0.4 is 19.5 Å². The van der Waals surface area contributed by atoms with E-state index in [1.54, 1.807) is 13.2 Å². The van der Waals surface area contributed by atoms with Gasteiger partial charge in [-0.3, -0.25) is 0 Å². The zero-order valence-corrected chi connectivity index (χ0v) is 12.4. The van der Waals surface area contributed by atoms with Crippen molar-refractivity contribution in [1.29, 1.82) is 0 Å². The van der Waals surface area contributed by atoms with Crippen molar-refractivity contribution in [2.45, 2.75) is 13.3 Å². The first kappa shape index (κ1) is 15.0. The second kappa shape index (κ2) is 6.83. The molecule has 5 heteroatoms. The predicted octanol–water partition coefficient (Wildman–Crippen LogP) is 3.36. The maximum absolute atomic E-state index is 11.8. The summed E-state index contributed by atoms with van der Waals surface area (Å²) in [5.41, 5.74) is 0. The van der Waals surface area contributed by atoms with Crippen molar-refractivity contribution in [2.24, 2.45) is 0 Å². The number of hydrogen-bond donors (Lipinski definition) is 1. The molecule has 5 nitrogen and oxygen atoms in total. The fourth-order valence-electron chi connectivity index (χ4n) is 2.07. The molecule has 0 spiro atoms. The molecule has 0 fully saturated rings. The normalized spacial score (nSPS) is 10.2. The number of methoxy groups -OCH3 is 2. The zero-order valence-electron chi connectivity index (χ0n) is 12.4. The number of benzene rings is 2. The molecule has 0 unspecified atom stereocenters. The van der Waals surface area contributed by atoms with Gasteiger partial charge >= 0.3 is 6.09 Å². The summed E-state index contributed by atoms with van der Waals surface area (Å²) in [5.74, 6) is 1.52. The van der Waals surface area contributed by atoms with E-state index in [2.05, 4.69) is 5.32 Å². The lowest BCUT2D eigenvalue weighted by Crippen LogP contribution is -2.27. The highest BCUT2D eigenvalue weighted by Crippen LogP contribution is 2.41. The highest BCUT2D eigenvalue weighted by atomic mass is 16.6. The Kier molecular flexibility index (Phi) is 4.87. The lowest BCUT2D eigenvalue weighted by molar-refractivity contribution is 0.199. The van der Waals surface area contributed by atoms with Gasteiger partial charge in [-0.15, -0.1) is 0 Å². The van der Waals surface area contributed by atoms with Crippen LogP contribution in [0.25, 0.3) is 10.8 Å². The Hall–Kier alpha value is -2.43. The minimum absolute atomic E-state index is 0.391. The molecular formula is C16H19NO4. The summed E-state index contributed by atoms with van der Waals surface area (Å²) < 4.78 is 16.1. The molecule has 2 aromatic carbocycles. The molecule has 1 N–H and O–H groups in total. The molecule has 0 aliphatic rings. The van der Waals surface area contributed by atoms with E-state index in [0.29, 0.717) is 23.8 Å². The van der Waals surface area contributed by atoms with Gasteiger partial charge in [-0.1, -0.05) is 31.2 Å². The summed E-state index contributed by atoms with van der Waals surface area (Å²) in [6.07, 6.45) is 0.348. The van der Waals surface area contributed by atoms with Crippen molar-refractivity contribution in [3.05, 3.63) is 30.3 Å². The molecule has 0 atom stereocenters. The van der Waals surface area contributed by atoms with Gasteiger partial charge in [0, 0.05) is 23.4 Å². The lowest BCUT2D eigenvalue weighted by Gasteiger charge is -2.15. The van der Waals surface area contributed by atoms with Gasteiger partial charge in [0.15, 0.2) is 11.5 Å². The third-order valence-electron chi connectivity index (χ3n) is 3.08. The zero-order chi connectivity index (χ0) is 15.2. The van der Waals surface area contributed by atoms with Crippen molar-refractivity contribution in [1.82, 2.24) is 5.32 Å². The minimum Gasteiger partial charge on any atom is -0.496 e. The van der Waals surface area contributed by atoms with E-state index in [4.69, 9.17) is 14.2 Å². The van der Waals surface area contributed by atoms with Crippen LogP contribution in [0, 0.1) is 0 Å². The van der Waals surface area contributed by atoms with Crippen molar-refractivity contribution in [3.63, 3.8) is 0 Å². The van der Waals surface area contributed by atoms with E-state index in [1.165, 1.54) is 7.11 Å². The maximum Gasteiger partial charge on any atom is 0.412 e. The smallest absolute Gasteiger partial charge is 0.412 e. The molecule has 0 saturated heterocycles. The van der Waals surface area contributed by atoms with E-state index in [0.717, 1.165) is 17.2 Å². The van der Waals surface area contributed by atoms with Crippen LogP contribution in [-0.4, -0.2) is 26.9 Å². The average molecular weight is 289 g/mol. The summed E-state index contributed by atoms with van der Waals surface area (Å²) in [4.78, 5) is 11.8. The summed E-state index contributed by atoms with van der Waals surface area (Å²) in [7, 11) is 3.12. The molecule has 112 valence electrons. The summed E-state index contributed by atoms with van der Waals surface area (Å²) in [6, 6.07) is 9.26. The second-order valence-corrected chi connectivity index (χ2v) is 4.47. The highest BCUT2D eigenvalue weighted by molar-refractivity contribution is 5.97. The van der Waals surface area contributed by atoms with E-state index in [1.807, 2.05) is 31.2 Å². The quantitative estimate of drug-likeness (QED) is 0.917. The monoisotopic (exact) mass is 289 g/mol. The van der Waals surface area contributed by atoms with Gasteiger partial charge in [0.05, 0.1) is 14.2 Å². The summed E-state index contributed by atoms with van der Waals surface area (Å²) >= 11 is 0. The van der Waals surface area contributed by atoms with E-state index in [-0.39, 0.29) is 0 Å². The summed E-state index contributed by atoms with van der Waals surface area (Å²) in [5, 5.41) is 4.30. The average Bonchev–Trinajstić information content (AvgIpc) is 2.53. The van der Waals surface area contributed by atoms with Crippen LogP contribution in [0.5, 0.6) is 17.2 Å². The molecule has 1 amide bonds. The lowest BCUT2D eigenvalue weighted by atomic mass is 10.1. The number of amides is 1. The second-order valence-electron chi connectivity index (χ2n) is 4.47. The maximum atomic E-state index is 11.8. The van der Waals surface area contributed by atoms with Gasteiger partial charge in [-0.05, 0) is 6.42 Å². The number of nitrogens with one attached hydrogen (secondary N) is 1. The van der Waals surface area contributed by atoms with Crippen LogP contribution in [0.4, 0.5) is 4.79 Å². The van der Waals surface area contributed by atoms with Gasteiger partial charge < -0.3 is 19.5 Å². The largest absolute Gasteiger partial charge is 0.496 e. The standard InChI is InChI=1S/C16H19NO4/c1-4-9-17-16(18)21-15-12-8-6-5-7-11(12)13(19-2)10-14(15)20-3/h5-8,10H,4,9H2,1-3H3,(H,17,18).